The molecule has 2 heteroatoms. The summed E-state index contributed by atoms with van der Waals surface area (Å²) in [6.45, 7) is 2.75. The average Bonchev–Trinajstić information content (AvgIpc) is 2.52. The van der Waals surface area contributed by atoms with Crippen LogP contribution in [-0.4, -0.2) is 12.5 Å². The summed E-state index contributed by atoms with van der Waals surface area (Å²) in [6, 6.07) is 20.0. The maximum atomic E-state index is 11.8. The predicted molar refractivity (Wildman–Crippen MR) is 83.3 cm³/mol. The number of carbonyl (C=O) groups excluding carboxylic acids is 1. The van der Waals surface area contributed by atoms with Crippen LogP contribution in [-0.2, 0) is 4.79 Å². The SMILES string of the molecule is CC(CNC(=O)C=Cc1ccccc1)c1ccccc1. The summed E-state index contributed by atoms with van der Waals surface area (Å²) < 4.78 is 0. The van der Waals surface area contributed by atoms with Crippen LogP contribution in [0.4, 0.5) is 0 Å². The Hall–Kier alpha value is -2.35. The van der Waals surface area contributed by atoms with Gasteiger partial charge in [-0.15, -0.1) is 0 Å². The topological polar surface area (TPSA) is 29.1 Å². The van der Waals surface area contributed by atoms with Gasteiger partial charge in [-0.2, -0.15) is 0 Å². The van der Waals surface area contributed by atoms with E-state index in [1.807, 2.05) is 54.6 Å². The minimum Gasteiger partial charge on any atom is -0.352 e. The van der Waals surface area contributed by atoms with Crippen molar-refractivity contribution in [2.24, 2.45) is 0 Å². The Morgan fingerprint density at radius 2 is 1.65 bits per heavy atom. The third-order valence-corrected chi connectivity index (χ3v) is 3.18. The molecule has 0 radical (unpaired) electrons. The van der Waals surface area contributed by atoms with E-state index in [0.717, 1.165) is 5.56 Å². The minimum atomic E-state index is -0.0587. The Bertz CT molecular complexity index is 560. The molecule has 0 aliphatic carbocycles. The van der Waals surface area contributed by atoms with Crippen LogP contribution in [0.2, 0.25) is 0 Å². The molecule has 0 spiro atoms. The lowest BCUT2D eigenvalue weighted by Gasteiger charge is -2.11. The maximum absolute atomic E-state index is 11.8. The normalized spacial score (nSPS) is 12.2. The molecule has 0 heterocycles. The van der Waals surface area contributed by atoms with Crippen LogP contribution in [0.5, 0.6) is 0 Å². The number of benzene rings is 2. The Morgan fingerprint density at radius 1 is 1.05 bits per heavy atom. The third-order valence-electron chi connectivity index (χ3n) is 3.18. The van der Waals surface area contributed by atoms with Gasteiger partial charge < -0.3 is 5.32 Å². The van der Waals surface area contributed by atoms with E-state index < -0.39 is 0 Å². The second-order valence-corrected chi connectivity index (χ2v) is 4.80. The fourth-order valence-corrected chi connectivity index (χ4v) is 1.95. The molecule has 1 atom stereocenters. The summed E-state index contributed by atoms with van der Waals surface area (Å²) in [5.74, 6) is 0.252. The maximum Gasteiger partial charge on any atom is 0.244 e. The third kappa shape index (κ3) is 4.39. The first kappa shape index (κ1) is 14.1. The Labute approximate surface area is 120 Å². The highest BCUT2D eigenvalue weighted by molar-refractivity contribution is 5.91. The molecule has 102 valence electrons. The monoisotopic (exact) mass is 265 g/mol. The first-order chi connectivity index (χ1) is 9.75. The Balaban J connectivity index is 1.82. The van der Waals surface area contributed by atoms with E-state index in [-0.39, 0.29) is 5.91 Å². The van der Waals surface area contributed by atoms with Gasteiger partial charge in [0.05, 0.1) is 0 Å². The minimum absolute atomic E-state index is 0.0587. The lowest BCUT2D eigenvalue weighted by Crippen LogP contribution is -2.25. The van der Waals surface area contributed by atoms with Crippen LogP contribution in [0.3, 0.4) is 0 Å². The molecule has 0 saturated heterocycles. The first-order valence-electron chi connectivity index (χ1n) is 6.81. The average molecular weight is 265 g/mol. The van der Waals surface area contributed by atoms with Gasteiger partial charge in [-0.1, -0.05) is 67.6 Å². The highest BCUT2D eigenvalue weighted by atomic mass is 16.1. The van der Waals surface area contributed by atoms with Crippen LogP contribution in [0, 0.1) is 0 Å². The van der Waals surface area contributed by atoms with Gasteiger partial charge in [0.15, 0.2) is 0 Å². The van der Waals surface area contributed by atoms with Gasteiger partial charge >= 0.3 is 0 Å². The molecule has 0 aliphatic rings. The van der Waals surface area contributed by atoms with Crippen LogP contribution in [0.25, 0.3) is 6.08 Å². The zero-order valence-electron chi connectivity index (χ0n) is 11.6. The second kappa shape index (κ2) is 7.29. The molecule has 20 heavy (non-hydrogen) atoms. The molecule has 0 fully saturated rings. The van der Waals surface area contributed by atoms with Crippen molar-refractivity contribution in [3.8, 4) is 0 Å². The van der Waals surface area contributed by atoms with Gasteiger partial charge in [0.1, 0.15) is 0 Å². The van der Waals surface area contributed by atoms with Gasteiger partial charge in [0.2, 0.25) is 5.91 Å². The van der Waals surface area contributed by atoms with Crippen molar-refractivity contribution in [2.45, 2.75) is 12.8 Å². The van der Waals surface area contributed by atoms with E-state index in [1.54, 1.807) is 6.08 Å². The van der Waals surface area contributed by atoms with Crippen LogP contribution in [0.15, 0.2) is 66.7 Å². The lowest BCUT2D eigenvalue weighted by atomic mass is 10.0. The second-order valence-electron chi connectivity index (χ2n) is 4.80. The van der Waals surface area contributed by atoms with Crippen molar-refractivity contribution >= 4 is 12.0 Å². The molecule has 2 aromatic rings. The number of carbonyl (C=O) groups is 1. The number of hydrogen-bond acceptors (Lipinski definition) is 1. The fraction of sp³-hybridized carbons (Fsp3) is 0.167. The first-order valence-corrected chi connectivity index (χ1v) is 6.81. The van der Waals surface area contributed by atoms with E-state index in [1.165, 1.54) is 5.56 Å². The van der Waals surface area contributed by atoms with Gasteiger partial charge in [0.25, 0.3) is 0 Å². The fourth-order valence-electron chi connectivity index (χ4n) is 1.95. The highest BCUT2D eigenvalue weighted by Gasteiger charge is 2.05. The summed E-state index contributed by atoms with van der Waals surface area (Å²) >= 11 is 0. The quantitative estimate of drug-likeness (QED) is 0.822. The van der Waals surface area contributed by atoms with E-state index >= 15 is 0 Å². The zero-order chi connectivity index (χ0) is 14.2. The van der Waals surface area contributed by atoms with Gasteiger partial charge in [-0.3, -0.25) is 4.79 Å². The largest absolute Gasteiger partial charge is 0.352 e. The molecular weight excluding hydrogens is 246 g/mol. The van der Waals surface area contributed by atoms with E-state index in [4.69, 9.17) is 0 Å². The van der Waals surface area contributed by atoms with E-state index in [9.17, 15) is 4.79 Å². The van der Waals surface area contributed by atoms with Crippen molar-refractivity contribution < 1.29 is 4.79 Å². The van der Waals surface area contributed by atoms with Gasteiger partial charge in [0, 0.05) is 12.6 Å². The summed E-state index contributed by atoms with van der Waals surface area (Å²) in [4.78, 5) is 11.8. The van der Waals surface area contributed by atoms with E-state index in [2.05, 4.69) is 24.4 Å². The molecule has 1 amide bonds. The molecule has 2 nitrogen and oxygen atoms in total. The Morgan fingerprint density at radius 3 is 2.30 bits per heavy atom. The van der Waals surface area contributed by atoms with Crippen molar-refractivity contribution in [1.82, 2.24) is 5.32 Å². The molecule has 1 N–H and O–H groups in total. The van der Waals surface area contributed by atoms with Crippen molar-refractivity contribution in [3.63, 3.8) is 0 Å². The summed E-state index contributed by atoms with van der Waals surface area (Å²) in [7, 11) is 0. The van der Waals surface area contributed by atoms with Crippen molar-refractivity contribution in [2.75, 3.05) is 6.54 Å². The van der Waals surface area contributed by atoms with E-state index in [0.29, 0.717) is 12.5 Å². The number of hydrogen-bond donors (Lipinski definition) is 1. The van der Waals surface area contributed by atoms with Crippen molar-refractivity contribution in [1.29, 1.82) is 0 Å². The molecule has 0 saturated carbocycles. The van der Waals surface area contributed by atoms with Crippen LogP contribution in [0.1, 0.15) is 24.0 Å². The van der Waals surface area contributed by atoms with Gasteiger partial charge in [-0.05, 0) is 23.1 Å². The van der Waals surface area contributed by atoms with Crippen LogP contribution < -0.4 is 5.32 Å². The molecule has 2 rings (SSSR count). The highest BCUT2D eigenvalue weighted by Crippen LogP contribution is 2.12. The summed E-state index contributed by atoms with van der Waals surface area (Å²) in [5.41, 5.74) is 2.26. The summed E-state index contributed by atoms with van der Waals surface area (Å²) in [5, 5.41) is 2.93. The number of amides is 1. The lowest BCUT2D eigenvalue weighted by molar-refractivity contribution is -0.116. The summed E-state index contributed by atoms with van der Waals surface area (Å²) in [6.07, 6.45) is 3.40. The Kier molecular flexibility index (Phi) is 5.13. The number of rotatable bonds is 5. The molecule has 1 unspecified atom stereocenters. The van der Waals surface area contributed by atoms with Crippen LogP contribution >= 0.6 is 0 Å². The zero-order valence-corrected chi connectivity index (χ0v) is 11.6. The molecule has 0 bridgehead atoms. The van der Waals surface area contributed by atoms with Crippen molar-refractivity contribution in [3.05, 3.63) is 77.9 Å². The molecule has 2 aromatic carbocycles. The van der Waals surface area contributed by atoms with Gasteiger partial charge in [-0.25, -0.2) is 0 Å². The molecule has 0 aromatic heterocycles. The standard InChI is InChI=1S/C18H19NO/c1-15(17-10-6-3-7-11-17)14-19-18(20)13-12-16-8-4-2-5-9-16/h2-13,15H,14H2,1H3,(H,19,20). The molecular formula is C18H19NO. The molecule has 0 aliphatic heterocycles. The number of nitrogens with one attached hydrogen (secondary N) is 1. The predicted octanol–water partition coefficient (Wildman–Crippen LogP) is 3.62. The smallest absolute Gasteiger partial charge is 0.244 e.